The van der Waals surface area contributed by atoms with Crippen LogP contribution in [-0.4, -0.2) is 43.2 Å². The van der Waals surface area contributed by atoms with Crippen molar-refractivity contribution >= 4 is 15.9 Å². The number of rotatable bonds is 7. The Labute approximate surface area is 171 Å². The second-order valence-corrected chi connectivity index (χ2v) is 9.83. The molecule has 0 aromatic heterocycles. The Hall–Kier alpha value is -2.25. The highest BCUT2D eigenvalue weighted by atomic mass is 32.2. The Morgan fingerprint density at radius 3 is 2.41 bits per heavy atom. The molecule has 0 spiro atoms. The predicted molar refractivity (Wildman–Crippen MR) is 108 cm³/mol. The molecule has 154 valence electrons. The third kappa shape index (κ3) is 4.67. The van der Waals surface area contributed by atoms with E-state index in [4.69, 9.17) is 0 Å². The zero-order valence-electron chi connectivity index (χ0n) is 16.3. The number of carbonyl (C=O) groups is 1. The van der Waals surface area contributed by atoms with Crippen LogP contribution in [0.25, 0.3) is 0 Å². The summed E-state index contributed by atoms with van der Waals surface area (Å²) in [5.41, 5.74) is 1.14. The Kier molecular flexibility index (Phi) is 5.69. The van der Waals surface area contributed by atoms with Crippen LogP contribution in [0.5, 0.6) is 0 Å². The molecule has 0 radical (unpaired) electrons. The van der Waals surface area contributed by atoms with Crippen LogP contribution in [0.2, 0.25) is 0 Å². The number of sulfonamides is 1. The summed E-state index contributed by atoms with van der Waals surface area (Å²) in [6.45, 7) is 2.05. The van der Waals surface area contributed by atoms with E-state index in [1.54, 1.807) is 35.2 Å². The van der Waals surface area contributed by atoms with Crippen LogP contribution in [0.4, 0.5) is 4.39 Å². The summed E-state index contributed by atoms with van der Waals surface area (Å²) < 4.78 is 41.5. The highest BCUT2D eigenvalue weighted by molar-refractivity contribution is 7.89. The fraction of sp³-hybridized carbons (Fsp3) is 0.409. The van der Waals surface area contributed by atoms with Crippen LogP contribution < -0.4 is 0 Å². The van der Waals surface area contributed by atoms with E-state index < -0.39 is 10.0 Å². The SMILES string of the molecule is O=C(c1cccc(S(=O)(=O)N(Cc2ccc(F)cc2)CC2CC2)c1)N1CCCC1. The van der Waals surface area contributed by atoms with E-state index in [0.717, 1.165) is 31.2 Å². The molecular formula is C22H25FN2O3S. The summed E-state index contributed by atoms with van der Waals surface area (Å²) in [5, 5.41) is 0. The molecule has 0 unspecified atom stereocenters. The molecule has 2 aliphatic rings. The molecule has 1 saturated carbocycles. The lowest BCUT2D eigenvalue weighted by atomic mass is 10.2. The van der Waals surface area contributed by atoms with Crippen molar-refractivity contribution < 1.29 is 17.6 Å². The molecule has 4 rings (SSSR count). The molecule has 1 heterocycles. The van der Waals surface area contributed by atoms with Crippen molar-refractivity contribution in [2.24, 2.45) is 5.92 Å². The lowest BCUT2D eigenvalue weighted by molar-refractivity contribution is 0.0792. The van der Waals surface area contributed by atoms with Crippen LogP contribution >= 0.6 is 0 Å². The van der Waals surface area contributed by atoms with Gasteiger partial charge < -0.3 is 4.90 Å². The molecule has 2 fully saturated rings. The normalized spacial score (nSPS) is 17.1. The Balaban J connectivity index is 1.60. The first-order valence-electron chi connectivity index (χ1n) is 10.1. The molecule has 1 saturated heterocycles. The van der Waals surface area contributed by atoms with Gasteiger partial charge in [-0.15, -0.1) is 0 Å². The number of halogens is 1. The van der Waals surface area contributed by atoms with Crippen molar-refractivity contribution in [3.8, 4) is 0 Å². The monoisotopic (exact) mass is 416 g/mol. The van der Waals surface area contributed by atoms with Crippen molar-refractivity contribution in [2.75, 3.05) is 19.6 Å². The van der Waals surface area contributed by atoms with Gasteiger partial charge in [0.2, 0.25) is 10.0 Å². The van der Waals surface area contributed by atoms with Gasteiger partial charge in [-0.25, -0.2) is 12.8 Å². The summed E-state index contributed by atoms with van der Waals surface area (Å²) >= 11 is 0. The van der Waals surface area contributed by atoms with Gasteiger partial charge in [0.1, 0.15) is 5.82 Å². The Morgan fingerprint density at radius 1 is 1.07 bits per heavy atom. The third-order valence-electron chi connectivity index (χ3n) is 5.54. The standard InChI is InChI=1S/C22H25FN2O3S/c23-20-10-8-18(9-11-20)16-25(15-17-6-7-17)29(27,28)21-5-3-4-19(14-21)22(26)24-12-1-2-13-24/h3-5,8-11,14,17H,1-2,6-7,12-13,15-16H2. The molecule has 0 N–H and O–H groups in total. The van der Waals surface area contributed by atoms with Crippen molar-refractivity contribution in [3.05, 3.63) is 65.5 Å². The molecule has 0 bridgehead atoms. The number of hydrogen-bond donors (Lipinski definition) is 0. The van der Waals surface area contributed by atoms with Crippen molar-refractivity contribution in [3.63, 3.8) is 0 Å². The van der Waals surface area contributed by atoms with Gasteiger partial charge in [0.15, 0.2) is 0 Å². The van der Waals surface area contributed by atoms with Crippen molar-refractivity contribution in [2.45, 2.75) is 37.1 Å². The molecule has 29 heavy (non-hydrogen) atoms. The average Bonchev–Trinajstić information content (AvgIpc) is 3.37. The van der Waals surface area contributed by atoms with E-state index in [1.165, 1.54) is 22.5 Å². The van der Waals surface area contributed by atoms with E-state index in [2.05, 4.69) is 0 Å². The van der Waals surface area contributed by atoms with Gasteiger partial charge in [0.25, 0.3) is 5.91 Å². The lowest BCUT2D eigenvalue weighted by Gasteiger charge is -2.23. The first kappa shape index (κ1) is 20.0. The van der Waals surface area contributed by atoms with E-state index in [-0.39, 0.29) is 23.2 Å². The molecule has 2 aromatic carbocycles. The van der Waals surface area contributed by atoms with Gasteiger partial charge in [-0.2, -0.15) is 4.31 Å². The largest absolute Gasteiger partial charge is 0.339 e. The molecule has 1 aliphatic heterocycles. The number of amides is 1. The Bertz CT molecular complexity index is 981. The van der Waals surface area contributed by atoms with Crippen LogP contribution in [-0.2, 0) is 16.6 Å². The molecule has 1 aliphatic carbocycles. The van der Waals surface area contributed by atoms with Gasteiger partial charge in [-0.05, 0) is 67.5 Å². The second kappa shape index (κ2) is 8.24. The number of benzene rings is 2. The maximum absolute atomic E-state index is 13.4. The van der Waals surface area contributed by atoms with E-state index in [0.29, 0.717) is 31.1 Å². The number of carbonyl (C=O) groups excluding carboxylic acids is 1. The van der Waals surface area contributed by atoms with Gasteiger partial charge in [-0.1, -0.05) is 18.2 Å². The molecule has 2 aromatic rings. The van der Waals surface area contributed by atoms with Crippen LogP contribution in [0.3, 0.4) is 0 Å². The van der Waals surface area contributed by atoms with Gasteiger partial charge in [0, 0.05) is 31.7 Å². The van der Waals surface area contributed by atoms with Crippen LogP contribution in [0.15, 0.2) is 53.4 Å². The quantitative estimate of drug-likeness (QED) is 0.692. The minimum Gasteiger partial charge on any atom is -0.339 e. The minimum atomic E-state index is -3.78. The summed E-state index contributed by atoms with van der Waals surface area (Å²) in [5.74, 6) is -0.107. The molecular weight excluding hydrogens is 391 g/mol. The molecule has 5 nitrogen and oxygen atoms in total. The van der Waals surface area contributed by atoms with E-state index in [1.807, 2.05) is 0 Å². The molecule has 7 heteroatoms. The van der Waals surface area contributed by atoms with Gasteiger partial charge in [-0.3, -0.25) is 4.79 Å². The van der Waals surface area contributed by atoms with Crippen molar-refractivity contribution in [1.29, 1.82) is 0 Å². The summed E-state index contributed by atoms with van der Waals surface area (Å²) in [6, 6.07) is 12.2. The van der Waals surface area contributed by atoms with E-state index in [9.17, 15) is 17.6 Å². The average molecular weight is 417 g/mol. The predicted octanol–water partition coefficient (Wildman–Crippen LogP) is 3.66. The fourth-order valence-electron chi connectivity index (χ4n) is 3.67. The maximum Gasteiger partial charge on any atom is 0.253 e. The summed E-state index contributed by atoms with van der Waals surface area (Å²) in [6.07, 6.45) is 4.00. The molecule has 1 amide bonds. The lowest BCUT2D eigenvalue weighted by Crippen LogP contribution is -2.33. The minimum absolute atomic E-state index is 0.119. The number of likely N-dealkylation sites (tertiary alicyclic amines) is 1. The first-order chi connectivity index (χ1) is 13.9. The van der Waals surface area contributed by atoms with Crippen LogP contribution in [0.1, 0.15) is 41.6 Å². The smallest absolute Gasteiger partial charge is 0.253 e. The highest BCUT2D eigenvalue weighted by Crippen LogP contribution is 2.32. The Morgan fingerprint density at radius 2 is 1.76 bits per heavy atom. The zero-order chi connectivity index (χ0) is 20.4. The maximum atomic E-state index is 13.4. The first-order valence-corrected chi connectivity index (χ1v) is 11.5. The fourth-order valence-corrected chi connectivity index (χ4v) is 5.22. The number of nitrogens with zero attached hydrogens (tertiary/aromatic N) is 2. The van der Waals surface area contributed by atoms with Gasteiger partial charge in [0.05, 0.1) is 4.90 Å². The summed E-state index contributed by atoms with van der Waals surface area (Å²) in [7, 11) is -3.78. The third-order valence-corrected chi connectivity index (χ3v) is 7.35. The topological polar surface area (TPSA) is 57.7 Å². The van der Waals surface area contributed by atoms with Crippen molar-refractivity contribution in [1.82, 2.24) is 9.21 Å². The number of hydrogen-bond acceptors (Lipinski definition) is 3. The molecule has 0 atom stereocenters. The zero-order valence-corrected chi connectivity index (χ0v) is 17.1. The highest BCUT2D eigenvalue weighted by Gasteiger charge is 2.32. The van der Waals surface area contributed by atoms with E-state index >= 15 is 0 Å². The summed E-state index contributed by atoms with van der Waals surface area (Å²) in [4.78, 5) is 14.6. The van der Waals surface area contributed by atoms with Gasteiger partial charge >= 0.3 is 0 Å². The van der Waals surface area contributed by atoms with Crippen LogP contribution in [0, 0.1) is 11.7 Å². The second-order valence-electron chi connectivity index (χ2n) is 7.89.